The van der Waals surface area contributed by atoms with Gasteiger partial charge in [0.25, 0.3) is 0 Å². The van der Waals surface area contributed by atoms with E-state index >= 15 is 0 Å². The zero-order valence-electron chi connectivity index (χ0n) is 8.28. The molecular weight excluding hydrogens is 248 g/mol. The Labute approximate surface area is 100 Å². The average Bonchev–Trinajstić information content (AvgIpc) is 2.29. The Balaban J connectivity index is 2.54. The van der Waals surface area contributed by atoms with Gasteiger partial charge in [0.1, 0.15) is 23.3 Å². The van der Waals surface area contributed by atoms with Crippen LogP contribution in [-0.4, -0.2) is 9.97 Å². The summed E-state index contributed by atoms with van der Waals surface area (Å²) in [6, 6.07) is 4.82. The van der Waals surface area contributed by atoms with E-state index in [2.05, 4.69) is 9.97 Å². The molecule has 0 N–H and O–H groups in total. The first-order valence-corrected chi connectivity index (χ1v) is 4.87. The van der Waals surface area contributed by atoms with Crippen molar-refractivity contribution in [2.45, 2.75) is 0 Å². The van der Waals surface area contributed by atoms with Gasteiger partial charge in [0.15, 0.2) is 11.0 Å². The lowest BCUT2D eigenvalue weighted by Gasteiger charge is -2.02. The Kier molecular flexibility index (Phi) is 2.98. The Morgan fingerprint density at radius 2 is 2.06 bits per heavy atom. The topological polar surface area (TPSA) is 49.6 Å². The fourth-order valence-electron chi connectivity index (χ4n) is 1.24. The first kappa shape index (κ1) is 11.4. The molecule has 1 heterocycles. The molecule has 1 aromatic carbocycles. The molecule has 0 fully saturated rings. The van der Waals surface area contributed by atoms with Crippen molar-refractivity contribution >= 4 is 11.6 Å². The highest BCUT2D eigenvalue weighted by Crippen LogP contribution is 2.22. The van der Waals surface area contributed by atoms with Crippen molar-refractivity contribution in [3.63, 3.8) is 0 Å². The van der Waals surface area contributed by atoms with Gasteiger partial charge in [-0.1, -0.05) is 11.6 Å². The van der Waals surface area contributed by atoms with E-state index in [4.69, 9.17) is 16.9 Å². The van der Waals surface area contributed by atoms with Gasteiger partial charge in [0.2, 0.25) is 0 Å². The van der Waals surface area contributed by atoms with Gasteiger partial charge in [0, 0.05) is 6.07 Å². The van der Waals surface area contributed by atoms with Crippen LogP contribution in [0, 0.1) is 23.0 Å². The molecule has 1 aromatic heterocycles. The predicted molar refractivity (Wildman–Crippen MR) is 57.1 cm³/mol. The fraction of sp³-hybridized carbons (Fsp3) is 0. The third-order valence-corrected chi connectivity index (χ3v) is 2.32. The molecule has 0 unspecified atom stereocenters. The summed E-state index contributed by atoms with van der Waals surface area (Å²) in [6.45, 7) is 0. The van der Waals surface area contributed by atoms with Gasteiger partial charge in [-0.2, -0.15) is 5.26 Å². The second kappa shape index (κ2) is 4.44. The maximum absolute atomic E-state index is 13.4. The van der Waals surface area contributed by atoms with E-state index < -0.39 is 11.6 Å². The third-order valence-electron chi connectivity index (χ3n) is 2.03. The van der Waals surface area contributed by atoms with E-state index in [0.29, 0.717) is 0 Å². The molecule has 2 rings (SSSR count). The number of halogens is 3. The molecule has 84 valence electrons. The monoisotopic (exact) mass is 251 g/mol. The van der Waals surface area contributed by atoms with Crippen molar-refractivity contribution in [3.8, 4) is 17.5 Å². The largest absolute Gasteiger partial charge is 0.235 e. The van der Waals surface area contributed by atoms with Crippen molar-refractivity contribution < 1.29 is 8.78 Å². The van der Waals surface area contributed by atoms with Gasteiger partial charge in [-0.3, -0.25) is 0 Å². The van der Waals surface area contributed by atoms with Crippen molar-refractivity contribution in [3.05, 3.63) is 46.7 Å². The molecule has 0 atom stereocenters. The summed E-state index contributed by atoms with van der Waals surface area (Å²) < 4.78 is 26.1. The Hall–Kier alpha value is -2.06. The first-order chi connectivity index (χ1) is 8.11. The molecule has 0 aliphatic heterocycles. The summed E-state index contributed by atoms with van der Waals surface area (Å²) in [5.74, 6) is -1.47. The summed E-state index contributed by atoms with van der Waals surface area (Å²) in [5, 5.41) is 8.56. The summed E-state index contributed by atoms with van der Waals surface area (Å²) in [6.07, 6.45) is 1.19. The number of hydrogen-bond acceptors (Lipinski definition) is 3. The highest BCUT2D eigenvalue weighted by Gasteiger charge is 2.11. The molecule has 0 radical (unpaired) electrons. The quantitative estimate of drug-likeness (QED) is 0.732. The third kappa shape index (κ3) is 2.22. The highest BCUT2D eigenvalue weighted by molar-refractivity contribution is 6.30. The maximum Gasteiger partial charge on any atom is 0.163 e. The number of rotatable bonds is 1. The molecule has 0 spiro atoms. The van der Waals surface area contributed by atoms with Gasteiger partial charge in [0.05, 0.1) is 11.8 Å². The fourth-order valence-corrected chi connectivity index (χ4v) is 1.41. The van der Waals surface area contributed by atoms with Crippen LogP contribution in [0.25, 0.3) is 11.4 Å². The van der Waals surface area contributed by atoms with Crippen LogP contribution in [-0.2, 0) is 0 Å². The molecule has 2 aromatic rings. The summed E-state index contributed by atoms with van der Waals surface area (Å²) >= 11 is 5.69. The molecule has 3 nitrogen and oxygen atoms in total. The number of aromatic nitrogens is 2. The highest BCUT2D eigenvalue weighted by atomic mass is 35.5. The van der Waals surface area contributed by atoms with E-state index in [0.717, 1.165) is 12.1 Å². The first-order valence-electron chi connectivity index (χ1n) is 4.50. The Bertz CT molecular complexity index is 623. The number of benzene rings is 1. The van der Waals surface area contributed by atoms with Gasteiger partial charge in [-0.05, 0) is 12.1 Å². The van der Waals surface area contributed by atoms with Crippen molar-refractivity contribution in [2.75, 3.05) is 0 Å². The minimum Gasteiger partial charge on any atom is -0.235 e. The molecular formula is C11H4ClF2N3. The number of hydrogen-bond donors (Lipinski definition) is 0. The van der Waals surface area contributed by atoms with Gasteiger partial charge >= 0.3 is 0 Å². The summed E-state index contributed by atoms with van der Waals surface area (Å²) in [7, 11) is 0. The molecule has 0 saturated carbocycles. The van der Waals surface area contributed by atoms with Crippen LogP contribution in [0.1, 0.15) is 5.56 Å². The lowest BCUT2D eigenvalue weighted by atomic mass is 10.2. The number of nitriles is 1. The van der Waals surface area contributed by atoms with Crippen LogP contribution >= 0.6 is 11.6 Å². The van der Waals surface area contributed by atoms with Gasteiger partial charge in [-0.15, -0.1) is 0 Å². The van der Waals surface area contributed by atoms with E-state index in [-0.39, 0.29) is 22.1 Å². The molecule has 6 heteroatoms. The SMILES string of the molecule is N#Cc1cnc(-c2ccc(F)cc2F)nc1Cl. The van der Waals surface area contributed by atoms with E-state index in [9.17, 15) is 8.78 Å². The van der Waals surface area contributed by atoms with E-state index in [1.165, 1.54) is 12.3 Å². The summed E-state index contributed by atoms with van der Waals surface area (Å²) in [4.78, 5) is 7.56. The lowest BCUT2D eigenvalue weighted by molar-refractivity contribution is 0.585. The Morgan fingerprint density at radius 3 is 2.65 bits per heavy atom. The smallest absolute Gasteiger partial charge is 0.163 e. The lowest BCUT2D eigenvalue weighted by Crippen LogP contribution is -1.95. The van der Waals surface area contributed by atoms with Crippen LogP contribution in [0.15, 0.2) is 24.4 Å². The van der Waals surface area contributed by atoms with Crippen LogP contribution in [0.2, 0.25) is 5.15 Å². The predicted octanol–water partition coefficient (Wildman–Crippen LogP) is 2.95. The minimum atomic E-state index is -0.786. The molecule has 0 aliphatic rings. The Morgan fingerprint density at radius 1 is 1.29 bits per heavy atom. The maximum atomic E-state index is 13.4. The minimum absolute atomic E-state index is 0.00602. The zero-order chi connectivity index (χ0) is 12.4. The normalized spacial score (nSPS) is 10.0. The van der Waals surface area contributed by atoms with Crippen LogP contribution in [0.3, 0.4) is 0 Å². The van der Waals surface area contributed by atoms with E-state index in [1.807, 2.05) is 0 Å². The molecule has 17 heavy (non-hydrogen) atoms. The van der Waals surface area contributed by atoms with Gasteiger partial charge < -0.3 is 0 Å². The molecule has 0 amide bonds. The van der Waals surface area contributed by atoms with Gasteiger partial charge in [-0.25, -0.2) is 18.7 Å². The van der Waals surface area contributed by atoms with Crippen LogP contribution in [0.4, 0.5) is 8.78 Å². The van der Waals surface area contributed by atoms with Crippen LogP contribution < -0.4 is 0 Å². The number of nitrogens with zero attached hydrogens (tertiary/aromatic N) is 3. The second-order valence-corrected chi connectivity index (χ2v) is 3.49. The van der Waals surface area contributed by atoms with E-state index in [1.54, 1.807) is 6.07 Å². The molecule has 0 bridgehead atoms. The molecule has 0 aliphatic carbocycles. The van der Waals surface area contributed by atoms with Crippen molar-refractivity contribution in [1.29, 1.82) is 5.26 Å². The van der Waals surface area contributed by atoms with Crippen molar-refractivity contribution in [1.82, 2.24) is 9.97 Å². The average molecular weight is 252 g/mol. The van der Waals surface area contributed by atoms with Crippen LogP contribution in [0.5, 0.6) is 0 Å². The molecule has 0 saturated heterocycles. The zero-order valence-corrected chi connectivity index (χ0v) is 9.04. The summed E-state index contributed by atoms with van der Waals surface area (Å²) in [5.41, 5.74) is 0.121. The second-order valence-electron chi connectivity index (χ2n) is 3.13. The standard InChI is InChI=1S/C11H4ClF2N3/c12-10-6(4-15)5-16-11(17-10)8-2-1-7(13)3-9(8)14/h1-3,5H. The van der Waals surface area contributed by atoms with Crippen molar-refractivity contribution in [2.24, 2.45) is 0 Å².